The molecule has 0 spiro atoms. The van der Waals surface area contributed by atoms with E-state index in [-0.39, 0.29) is 38.6 Å². The van der Waals surface area contributed by atoms with Gasteiger partial charge >= 0.3 is 11.9 Å². The van der Waals surface area contributed by atoms with E-state index in [9.17, 15) is 19.5 Å². The van der Waals surface area contributed by atoms with E-state index >= 15 is 0 Å². The Morgan fingerprint density at radius 1 is 0.352 bits per heavy atom. The number of hydrogen-bond donors (Lipinski definition) is 0. The van der Waals surface area contributed by atoms with Gasteiger partial charge in [-0.2, -0.15) is 0 Å². The number of carbonyl (C=O) groups is 3. The zero-order valence-corrected chi connectivity index (χ0v) is 57.3. The Balaban J connectivity index is 4.23. The monoisotopic (exact) mass is 1220 g/mol. The highest BCUT2D eigenvalue weighted by Crippen LogP contribution is 2.17. The Hall–Kier alpha value is -4.57. The maximum Gasteiger partial charge on any atom is 0.306 e. The average molecular weight is 1220 g/mol. The van der Waals surface area contributed by atoms with Crippen LogP contribution >= 0.6 is 0 Å². The molecule has 88 heavy (non-hydrogen) atoms. The zero-order valence-electron chi connectivity index (χ0n) is 57.3. The first-order valence-corrected chi connectivity index (χ1v) is 35.8. The third kappa shape index (κ3) is 68.9. The fraction of sp³-hybridized carbons (Fsp3) is 0.684. The Bertz CT molecular complexity index is 1910. The number of hydrogen-bond acceptors (Lipinski definition) is 8. The molecule has 0 saturated heterocycles. The van der Waals surface area contributed by atoms with E-state index in [0.717, 1.165) is 109 Å². The molecule has 0 aromatic heterocycles. The summed E-state index contributed by atoms with van der Waals surface area (Å²) in [6, 6.07) is 0. The molecule has 0 rings (SSSR count). The molecule has 2 atom stereocenters. The van der Waals surface area contributed by atoms with Gasteiger partial charge < -0.3 is 33.3 Å². The van der Waals surface area contributed by atoms with E-state index in [0.29, 0.717) is 17.4 Å². The molecule has 0 aliphatic rings. The van der Waals surface area contributed by atoms with E-state index in [1.807, 2.05) is 21.1 Å². The Morgan fingerprint density at radius 2 is 0.648 bits per heavy atom. The van der Waals surface area contributed by atoms with Gasteiger partial charge in [0.15, 0.2) is 12.4 Å². The predicted octanol–water partition coefficient (Wildman–Crippen LogP) is 21.2. The van der Waals surface area contributed by atoms with Crippen molar-refractivity contribution in [2.45, 2.75) is 302 Å². The van der Waals surface area contributed by atoms with Gasteiger partial charge in [-0.25, -0.2) is 0 Å². The van der Waals surface area contributed by atoms with Gasteiger partial charge in [0.25, 0.3) is 0 Å². The zero-order chi connectivity index (χ0) is 64.0. The van der Waals surface area contributed by atoms with Gasteiger partial charge in [0, 0.05) is 12.8 Å². The lowest BCUT2D eigenvalue weighted by Crippen LogP contribution is -2.44. The molecule has 0 aliphatic carbocycles. The van der Waals surface area contributed by atoms with Crippen molar-refractivity contribution in [2.24, 2.45) is 0 Å². The quantitative estimate of drug-likeness (QED) is 0.0195. The van der Waals surface area contributed by atoms with Crippen LogP contribution in [0.4, 0.5) is 0 Å². The smallest absolute Gasteiger partial charge is 0.306 e. The van der Waals surface area contributed by atoms with E-state index in [1.54, 1.807) is 0 Å². The van der Waals surface area contributed by atoms with Gasteiger partial charge in [-0.1, -0.05) is 314 Å². The largest absolute Gasteiger partial charge is 0.545 e. The number of rotatable bonds is 65. The minimum absolute atomic E-state index is 0.135. The molecule has 2 unspecified atom stereocenters. The molecule has 0 heterocycles. The molecule has 0 amide bonds. The number of ether oxygens (including phenoxy) is 4. The number of carboxylic acid groups (broad SMARTS) is 1. The second-order valence-corrected chi connectivity index (χ2v) is 24.8. The molecule has 0 radical (unpaired) electrons. The Morgan fingerprint density at radius 3 is 0.966 bits per heavy atom. The first-order chi connectivity index (χ1) is 43.1. The van der Waals surface area contributed by atoms with Crippen molar-refractivity contribution in [2.75, 3.05) is 47.5 Å². The molecule has 0 fully saturated rings. The molecule has 0 aromatic carbocycles. The summed E-state index contributed by atoms with van der Waals surface area (Å²) in [5.74, 6) is -2.33. The first kappa shape index (κ1) is 83.4. The summed E-state index contributed by atoms with van der Waals surface area (Å²) in [5, 5.41) is 11.8. The van der Waals surface area contributed by atoms with Crippen LogP contribution in [0.2, 0.25) is 0 Å². The van der Waals surface area contributed by atoms with Crippen molar-refractivity contribution in [1.29, 1.82) is 0 Å². The van der Waals surface area contributed by atoms with Crippen molar-refractivity contribution in [3.8, 4) is 0 Å². The molecule has 9 nitrogen and oxygen atoms in total. The third-order valence-corrected chi connectivity index (χ3v) is 15.2. The summed E-state index contributed by atoms with van der Waals surface area (Å²) >= 11 is 0. The van der Waals surface area contributed by atoms with Crippen LogP contribution in [0.25, 0.3) is 0 Å². The minimum Gasteiger partial charge on any atom is -0.545 e. The van der Waals surface area contributed by atoms with Gasteiger partial charge in [0.2, 0.25) is 0 Å². The standard InChI is InChI=1S/C79H133NO8/c1-6-8-10-12-14-16-18-20-22-24-26-28-30-32-34-35-36-37-38-39-40-41-42-43-44-46-48-50-52-54-56-58-60-62-64-66-68-70-77(82)88-75(74-87-79(78(83)84)85-72-71-80(3,4)5)73-86-76(81)69-67-65-63-61-59-57-55-53-51-49-47-45-33-31-29-27-25-23-21-19-17-15-13-11-9-7-2/h8,10,14,16,20,22,26,28,32,34,36-37,39-40,42-43,46,48,52,54,58,60,75,79H,6-7,9,11-13,15,17-19,21,23-25,27,29-31,33,35,38,41,44-45,47,49-51,53,55-57,59,61-74H2,1-5H3/b10-8-,16-14-,22-20-,28-26-,34-32-,37-36-,40-39-,43-42-,48-46-,54-52-,60-58-. The number of nitrogens with zero attached hydrogens (tertiary/aromatic N) is 1. The highest BCUT2D eigenvalue weighted by Gasteiger charge is 2.22. The van der Waals surface area contributed by atoms with Crippen LogP contribution in [0.15, 0.2) is 134 Å². The van der Waals surface area contributed by atoms with Crippen LogP contribution in [0, 0.1) is 0 Å². The topological polar surface area (TPSA) is 111 Å². The normalized spacial score (nSPS) is 13.5. The van der Waals surface area contributed by atoms with E-state index in [2.05, 4.69) is 148 Å². The summed E-state index contributed by atoms with van der Waals surface area (Å²) < 4.78 is 22.8. The summed E-state index contributed by atoms with van der Waals surface area (Å²) in [7, 11) is 5.91. The summed E-state index contributed by atoms with van der Waals surface area (Å²) in [4.78, 5) is 37.5. The van der Waals surface area contributed by atoms with Crippen molar-refractivity contribution >= 4 is 17.9 Å². The number of allylic oxidation sites excluding steroid dienone is 22. The number of quaternary nitrogens is 1. The second-order valence-electron chi connectivity index (χ2n) is 24.8. The van der Waals surface area contributed by atoms with E-state index < -0.39 is 24.3 Å². The molecule has 0 N–H and O–H groups in total. The van der Waals surface area contributed by atoms with Gasteiger partial charge in [0.05, 0.1) is 40.3 Å². The van der Waals surface area contributed by atoms with Gasteiger partial charge in [0.1, 0.15) is 13.2 Å². The first-order valence-electron chi connectivity index (χ1n) is 35.8. The molecule has 0 bridgehead atoms. The summed E-state index contributed by atoms with van der Waals surface area (Å²) in [5.41, 5.74) is 0. The van der Waals surface area contributed by atoms with Gasteiger partial charge in [-0.15, -0.1) is 0 Å². The average Bonchev–Trinajstić information content (AvgIpc) is 3.54. The van der Waals surface area contributed by atoms with Crippen LogP contribution < -0.4 is 5.11 Å². The van der Waals surface area contributed by atoms with E-state index in [1.165, 1.54) is 148 Å². The number of esters is 2. The fourth-order valence-electron chi connectivity index (χ4n) is 9.72. The van der Waals surface area contributed by atoms with Crippen molar-refractivity contribution in [3.63, 3.8) is 0 Å². The van der Waals surface area contributed by atoms with Crippen molar-refractivity contribution < 1.29 is 42.9 Å². The lowest BCUT2D eigenvalue weighted by atomic mass is 10.0. The number of aliphatic carboxylic acids is 1. The van der Waals surface area contributed by atoms with Gasteiger partial charge in [-0.3, -0.25) is 9.59 Å². The molecular formula is C79H133NO8. The fourth-order valence-corrected chi connectivity index (χ4v) is 9.72. The molecule has 502 valence electrons. The summed E-state index contributed by atoms with van der Waals surface area (Å²) in [6.07, 6.45) is 95.4. The lowest BCUT2D eigenvalue weighted by molar-refractivity contribution is -0.870. The van der Waals surface area contributed by atoms with Gasteiger partial charge in [-0.05, 0) is 96.3 Å². The lowest BCUT2D eigenvalue weighted by Gasteiger charge is -2.26. The Kier molecular flexibility index (Phi) is 64.8. The molecule has 0 aliphatic heterocycles. The number of carbonyl (C=O) groups excluding carboxylic acids is 3. The number of carboxylic acids is 1. The summed E-state index contributed by atoms with van der Waals surface area (Å²) in [6.45, 7) is 4.62. The molecular weight excluding hydrogens is 1090 g/mol. The predicted molar refractivity (Wildman–Crippen MR) is 375 cm³/mol. The van der Waals surface area contributed by atoms with Crippen molar-refractivity contribution in [3.05, 3.63) is 134 Å². The van der Waals surface area contributed by atoms with Crippen LogP contribution in [0.5, 0.6) is 0 Å². The maximum absolute atomic E-state index is 12.9. The number of unbranched alkanes of at least 4 members (excludes halogenated alkanes) is 28. The van der Waals surface area contributed by atoms with Crippen LogP contribution in [0.3, 0.4) is 0 Å². The Labute approximate surface area is 541 Å². The highest BCUT2D eigenvalue weighted by atomic mass is 16.7. The number of likely N-dealkylation sites (N-methyl/N-ethyl adjacent to an activating group) is 1. The van der Waals surface area contributed by atoms with Crippen molar-refractivity contribution in [1.82, 2.24) is 0 Å². The van der Waals surface area contributed by atoms with E-state index in [4.69, 9.17) is 18.9 Å². The molecule has 9 heteroatoms. The highest BCUT2D eigenvalue weighted by molar-refractivity contribution is 5.70. The third-order valence-electron chi connectivity index (χ3n) is 15.2. The second kappa shape index (κ2) is 68.3. The van der Waals surface area contributed by atoms with Crippen LogP contribution in [-0.4, -0.2) is 82.3 Å². The van der Waals surface area contributed by atoms with Crippen LogP contribution in [0.1, 0.15) is 290 Å². The maximum atomic E-state index is 12.9. The van der Waals surface area contributed by atoms with Crippen LogP contribution in [-0.2, 0) is 33.3 Å². The SMILES string of the molecule is CC/C=C\C/C=C\C/C=C\C/C=C\C/C=C\C/C=C\C/C=C\C/C=C\C/C=C\C/C=C\C/C=C\CCCCCC(=O)OC(COC(=O)CCCCCCCCCCCCCCCCCCCCCCCCCCCC)COC(OCC[N+](C)(C)C)C(=O)[O-]. The molecule has 0 saturated carbocycles. The minimum atomic E-state index is -1.64. The molecule has 0 aromatic rings.